The largest absolute Gasteiger partial charge is 0.494 e. The Bertz CT molecular complexity index is 1200. The molecule has 1 aliphatic rings. The van der Waals surface area contributed by atoms with E-state index in [4.69, 9.17) is 32.9 Å². The van der Waals surface area contributed by atoms with Gasteiger partial charge in [0.1, 0.15) is 5.75 Å². The van der Waals surface area contributed by atoms with Gasteiger partial charge in [-0.2, -0.15) is 0 Å². The maximum atomic E-state index is 13.2. The second-order valence-corrected chi connectivity index (χ2v) is 11.6. The van der Waals surface area contributed by atoms with Crippen LogP contribution in [0, 0.1) is 6.92 Å². The fourth-order valence-electron chi connectivity index (χ4n) is 3.82. The van der Waals surface area contributed by atoms with Crippen LogP contribution in [0.3, 0.4) is 0 Å². The second kappa shape index (κ2) is 9.59. The predicted molar refractivity (Wildman–Crippen MR) is 132 cm³/mol. The summed E-state index contributed by atoms with van der Waals surface area (Å²) in [4.78, 5) is 7.11. The zero-order chi connectivity index (χ0) is 22.9. The highest BCUT2D eigenvalue weighted by molar-refractivity contribution is 7.92. The third-order valence-electron chi connectivity index (χ3n) is 5.62. The molecule has 0 aliphatic carbocycles. The van der Waals surface area contributed by atoms with Crippen LogP contribution in [0.5, 0.6) is 5.75 Å². The van der Waals surface area contributed by atoms with E-state index >= 15 is 0 Å². The molecule has 1 aromatic heterocycles. The fraction of sp³-hybridized carbons (Fsp3) is 0.348. The number of hydrogen-bond donors (Lipinski definition) is 0. The predicted octanol–water partition coefficient (Wildman–Crippen LogP) is 6.27. The molecule has 0 atom stereocenters. The molecule has 0 saturated carbocycles. The summed E-state index contributed by atoms with van der Waals surface area (Å²) in [6.07, 6.45) is 1.05. The molecule has 0 unspecified atom stereocenters. The van der Waals surface area contributed by atoms with E-state index in [1.807, 2.05) is 36.6 Å². The number of benzene rings is 2. The van der Waals surface area contributed by atoms with Crippen LogP contribution in [0.2, 0.25) is 10.0 Å². The summed E-state index contributed by atoms with van der Waals surface area (Å²) in [7, 11) is -3.53. The molecule has 0 bridgehead atoms. The molecule has 2 heterocycles. The molecule has 3 aromatic rings. The van der Waals surface area contributed by atoms with Gasteiger partial charge in [-0.15, -0.1) is 11.3 Å². The minimum atomic E-state index is -3.53. The van der Waals surface area contributed by atoms with Crippen LogP contribution in [0.1, 0.15) is 25.3 Å². The zero-order valence-electron chi connectivity index (χ0n) is 17.8. The Balaban J connectivity index is 1.45. The summed E-state index contributed by atoms with van der Waals surface area (Å²) in [6.45, 7) is 5.63. The van der Waals surface area contributed by atoms with Crippen LogP contribution >= 0.6 is 34.5 Å². The summed E-state index contributed by atoms with van der Waals surface area (Å²) < 4.78 is 31.9. The molecule has 9 heteroatoms. The minimum Gasteiger partial charge on any atom is -0.494 e. The lowest BCUT2D eigenvalue weighted by molar-refractivity contribution is 0.340. The molecule has 1 fully saturated rings. The molecule has 5 nitrogen and oxygen atoms in total. The molecule has 0 spiro atoms. The van der Waals surface area contributed by atoms with Crippen LogP contribution in [0.15, 0.2) is 46.7 Å². The quantitative estimate of drug-likeness (QED) is 0.391. The molecule has 0 radical (unpaired) electrons. The van der Waals surface area contributed by atoms with Gasteiger partial charge in [-0.05, 0) is 68.7 Å². The number of aromatic nitrogens is 1. The van der Waals surface area contributed by atoms with E-state index in [0.717, 1.165) is 22.1 Å². The van der Waals surface area contributed by atoms with Crippen molar-refractivity contribution < 1.29 is 13.2 Å². The van der Waals surface area contributed by atoms with Crippen molar-refractivity contribution in [3.8, 4) is 17.0 Å². The van der Waals surface area contributed by atoms with Crippen LogP contribution in [0.25, 0.3) is 11.3 Å². The topological polar surface area (TPSA) is 59.5 Å². The van der Waals surface area contributed by atoms with E-state index in [-0.39, 0.29) is 9.92 Å². The molecular formula is C23H24Cl2N2O3S2. The van der Waals surface area contributed by atoms with Crippen LogP contribution in [-0.4, -0.2) is 38.3 Å². The number of anilines is 1. The average Bonchev–Trinajstić information content (AvgIpc) is 3.27. The number of piperidine rings is 1. The maximum Gasteiger partial charge on any atom is 0.185 e. The van der Waals surface area contributed by atoms with Crippen molar-refractivity contribution in [1.82, 2.24) is 4.98 Å². The van der Waals surface area contributed by atoms with Gasteiger partial charge in [0.2, 0.25) is 0 Å². The van der Waals surface area contributed by atoms with Gasteiger partial charge < -0.3 is 9.64 Å². The van der Waals surface area contributed by atoms with Gasteiger partial charge in [0.05, 0.1) is 27.5 Å². The standard InChI is InChI=1S/C23H24Cl2N2O3S2/c1-3-30-17-6-4-16(5-7-17)21-14-31-23(26-21)27-10-8-18(9-11-27)32(28,29)22-12-15(2)19(24)13-20(22)25/h4-7,12-14,18H,3,8-11H2,1-2H3. The first-order chi connectivity index (χ1) is 15.3. The SMILES string of the molecule is CCOc1ccc(-c2csc(N3CCC(S(=O)(=O)c4cc(C)c(Cl)cc4Cl)CC3)n2)cc1. The summed E-state index contributed by atoms with van der Waals surface area (Å²) >= 11 is 13.9. The Morgan fingerprint density at radius 3 is 2.47 bits per heavy atom. The summed E-state index contributed by atoms with van der Waals surface area (Å²) in [5.74, 6) is 0.839. The monoisotopic (exact) mass is 510 g/mol. The molecule has 0 amide bonds. The van der Waals surface area contributed by atoms with Crippen LogP contribution in [0.4, 0.5) is 5.13 Å². The highest BCUT2D eigenvalue weighted by Gasteiger charge is 2.33. The highest BCUT2D eigenvalue weighted by Crippen LogP contribution is 2.35. The van der Waals surface area contributed by atoms with E-state index in [1.54, 1.807) is 24.3 Å². The zero-order valence-corrected chi connectivity index (χ0v) is 21.0. The van der Waals surface area contributed by atoms with Crippen LogP contribution in [-0.2, 0) is 9.84 Å². The number of rotatable bonds is 6. The van der Waals surface area contributed by atoms with Crippen molar-refractivity contribution in [3.05, 3.63) is 57.4 Å². The third kappa shape index (κ3) is 4.76. The lowest BCUT2D eigenvalue weighted by atomic mass is 10.1. The number of sulfone groups is 1. The normalized spacial score (nSPS) is 15.2. The van der Waals surface area contributed by atoms with Crippen molar-refractivity contribution >= 4 is 49.5 Å². The second-order valence-electron chi connectivity index (χ2n) is 7.74. The molecule has 0 N–H and O–H groups in total. The highest BCUT2D eigenvalue weighted by atomic mass is 35.5. The van der Waals surface area contributed by atoms with E-state index in [0.29, 0.717) is 43.1 Å². The van der Waals surface area contributed by atoms with Crippen molar-refractivity contribution in [2.75, 3.05) is 24.6 Å². The van der Waals surface area contributed by atoms with Gasteiger partial charge >= 0.3 is 0 Å². The van der Waals surface area contributed by atoms with Crippen molar-refractivity contribution in [2.24, 2.45) is 0 Å². The van der Waals surface area contributed by atoms with E-state index in [2.05, 4.69) is 4.90 Å². The van der Waals surface area contributed by atoms with Gasteiger partial charge in [0.15, 0.2) is 15.0 Å². The first-order valence-corrected chi connectivity index (χ1v) is 13.6. The van der Waals surface area contributed by atoms with E-state index in [9.17, 15) is 8.42 Å². The van der Waals surface area contributed by atoms with Crippen molar-refractivity contribution in [3.63, 3.8) is 0 Å². The Labute approximate surface area is 202 Å². The van der Waals surface area contributed by atoms with Gasteiger partial charge in [-0.1, -0.05) is 23.2 Å². The number of ether oxygens (including phenoxy) is 1. The third-order valence-corrected chi connectivity index (χ3v) is 9.66. The summed E-state index contributed by atoms with van der Waals surface area (Å²) in [5.41, 5.74) is 2.64. The molecular weight excluding hydrogens is 487 g/mol. The smallest absolute Gasteiger partial charge is 0.185 e. The van der Waals surface area contributed by atoms with Crippen molar-refractivity contribution in [1.29, 1.82) is 0 Å². The first kappa shape index (κ1) is 23.4. The minimum absolute atomic E-state index is 0.173. The Hall–Kier alpha value is -1.80. The molecule has 1 saturated heterocycles. The fourth-order valence-corrected chi connectivity index (χ4v) is 7.27. The molecule has 170 valence electrons. The molecule has 2 aromatic carbocycles. The van der Waals surface area contributed by atoms with Gasteiger partial charge in [-0.25, -0.2) is 13.4 Å². The van der Waals surface area contributed by atoms with E-state index in [1.165, 1.54) is 6.07 Å². The van der Waals surface area contributed by atoms with E-state index < -0.39 is 15.1 Å². The Morgan fingerprint density at radius 2 is 1.81 bits per heavy atom. The van der Waals surface area contributed by atoms with Crippen molar-refractivity contribution in [2.45, 2.75) is 36.8 Å². The molecule has 4 rings (SSSR count). The Morgan fingerprint density at radius 1 is 1.12 bits per heavy atom. The number of halogens is 2. The number of nitrogens with zero attached hydrogens (tertiary/aromatic N) is 2. The average molecular weight is 511 g/mol. The number of hydrogen-bond acceptors (Lipinski definition) is 6. The maximum absolute atomic E-state index is 13.2. The number of aryl methyl sites for hydroxylation is 1. The Kier molecular flexibility index (Phi) is 7.00. The lowest BCUT2D eigenvalue weighted by Gasteiger charge is -2.31. The number of thiazole rings is 1. The van der Waals surface area contributed by atoms with Crippen LogP contribution < -0.4 is 9.64 Å². The lowest BCUT2D eigenvalue weighted by Crippen LogP contribution is -2.39. The first-order valence-electron chi connectivity index (χ1n) is 10.4. The summed E-state index contributed by atoms with van der Waals surface area (Å²) in [6, 6.07) is 11.0. The molecule has 32 heavy (non-hydrogen) atoms. The van der Waals surface area contributed by atoms with Gasteiger partial charge in [0.25, 0.3) is 0 Å². The molecule has 1 aliphatic heterocycles. The summed E-state index contributed by atoms with van der Waals surface area (Å²) in [5, 5.41) is 3.12. The van der Waals surface area contributed by atoms with Gasteiger partial charge in [-0.3, -0.25) is 0 Å². The van der Waals surface area contributed by atoms with Gasteiger partial charge in [0, 0.05) is 29.1 Å².